The van der Waals surface area contributed by atoms with Crippen LogP contribution in [-0.2, 0) is 6.54 Å². The first kappa shape index (κ1) is 16.1. The summed E-state index contributed by atoms with van der Waals surface area (Å²) in [5.74, 6) is 0.375. The van der Waals surface area contributed by atoms with E-state index in [0.717, 1.165) is 30.8 Å². The smallest absolute Gasteiger partial charge is 0.123 e. The van der Waals surface area contributed by atoms with E-state index in [-0.39, 0.29) is 5.82 Å². The number of benzene rings is 1. The molecule has 0 unspecified atom stereocenters. The van der Waals surface area contributed by atoms with Gasteiger partial charge in [-0.15, -0.1) is 0 Å². The zero-order valence-corrected chi connectivity index (χ0v) is 12.8. The van der Waals surface area contributed by atoms with Crippen molar-refractivity contribution >= 4 is 17.2 Å². The topological polar surface area (TPSA) is 29.3 Å². The fourth-order valence-corrected chi connectivity index (χ4v) is 2.16. The molecule has 0 bridgehead atoms. The average molecular weight is 282 g/mol. The van der Waals surface area contributed by atoms with Gasteiger partial charge in [-0.05, 0) is 36.1 Å². The van der Waals surface area contributed by atoms with Crippen molar-refractivity contribution in [3.05, 3.63) is 35.1 Å². The van der Waals surface area contributed by atoms with Gasteiger partial charge in [-0.1, -0.05) is 32.1 Å². The maximum Gasteiger partial charge on any atom is 0.123 e. The van der Waals surface area contributed by atoms with Crippen LogP contribution < -0.4 is 5.73 Å². The van der Waals surface area contributed by atoms with Gasteiger partial charge in [0.15, 0.2) is 0 Å². The molecular formula is C15H23FN2S. The summed E-state index contributed by atoms with van der Waals surface area (Å²) in [6, 6.07) is 4.94. The van der Waals surface area contributed by atoms with E-state index in [1.54, 1.807) is 6.07 Å². The Morgan fingerprint density at radius 1 is 1.42 bits per heavy atom. The molecule has 2 nitrogen and oxygen atoms in total. The number of thiocarbonyl (C=S) groups is 1. The summed E-state index contributed by atoms with van der Waals surface area (Å²) in [7, 11) is 0. The molecule has 0 spiro atoms. The van der Waals surface area contributed by atoms with Crippen molar-refractivity contribution in [3.8, 4) is 0 Å². The fraction of sp³-hybridized carbons (Fsp3) is 0.533. The third kappa shape index (κ3) is 6.12. The summed E-state index contributed by atoms with van der Waals surface area (Å²) >= 11 is 4.93. The van der Waals surface area contributed by atoms with E-state index in [9.17, 15) is 4.39 Å². The molecule has 2 N–H and O–H groups in total. The third-order valence-electron chi connectivity index (χ3n) is 3.00. The summed E-state index contributed by atoms with van der Waals surface area (Å²) < 4.78 is 13.3. The normalized spacial score (nSPS) is 11.3. The molecule has 0 atom stereocenters. The van der Waals surface area contributed by atoms with Crippen molar-refractivity contribution in [3.63, 3.8) is 0 Å². The average Bonchev–Trinajstić information content (AvgIpc) is 2.30. The quantitative estimate of drug-likeness (QED) is 0.778. The molecule has 0 aliphatic rings. The lowest BCUT2D eigenvalue weighted by atomic mass is 10.1. The minimum absolute atomic E-state index is 0.181. The molecule has 0 aliphatic heterocycles. The number of halogens is 1. The standard InChI is InChI=1S/C15H23FN2S/c1-11(2)9-18(7-6-15(17)19)10-13-8-14(16)5-4-12(13)3/h4-5,8,11H,6-7,9-10H2,1-3H3,(H2,17,19). The van der Waals surface area contributed by atoms with Crippen LogP contribution in [0.4, 0.5) is 4.39 Å². The zero-order chi connectivity index (χ0) is 14.4. The van der Waals surface area contributed by atoms with E-state index in [0.29, 0.717) is 17.3 Å². The SMILES string of the molecule is Cc1ccc(F)cc1CN(CCC(N)=S)CC(C)C. The van der Waals surface area contributed by atoms with Crippen LogP contribution in [0.2, 0.25) is 0 Å². The Balaban J connectivity index is 2.74. The van der Waals surface area contributed by atoms with Crippen LogP contribution in [0.15, 0.2) is 18.2 Å². The van der Waals surface area contributed by atoms with Crippen molar-refractivity contribution in [1.82, 2.24) is 4.90 Å². The third-order valence-corrected chi connectivity index (χ3v) is 3.21. The summed E-state index contributed by atoms with van der Waals surface area (Å²) in [6.07, 6.45) is 0.705. The number of nitrogens with two attached hydrogens (primary N) is 1. The molecule has 4 heteroatoms. The molecule has 19 heavy (non-hydrogen) atoms. The van der Waals surface area contributed by atoms with Gasteiger partial charge in [0.05, 0.1) is 4.99 Å². The number of rotatable bonds is 7. The van der Waals surface area contributed by atoms with E-state index in [2.05, 4.69) is 18.7 Å². The molecule has 0 saturated heterocycles. The Morgan fingerprint density at radius 2 is 2.11 bits per heavy atom. The highest BCUT2D eigenvalue weighted by molar-refractivity contribution is 7.80. The second-order valence-electron chi connectivity index (χ2n) is 5.42. The first-order valence-corrected chi connectivity index (χ1v) is 7.05. The van der Waals surface area contributed by atoms with E-state index >= 15 is 0 Å². The molecular weight excluding hydrogens is 259 g/mol. The summed E-state index contributed by atoms with van der Waals surface area (Å²) in [4.78, 5) is 2.82. The molecule has 0 heterocycles. The van der Waals surface area contributed by atoms with Crippen molar-refractivity contribution in [1.29, 1.82) is 0 Å². The lowest BCUT2D eigenvalue weighted by molar-refractivity contribution is 0.242. The predicted octanol–water partition coefficient (Wildman–Crippen LogP) is 3.27. The largest absolute Gasteiger partial charge is 0.393 e. The molecule has 0 radical (unpaired) electrons. The van der Waals surface area contributed by atoms with Crippen molar-refractivity contribution < 1.29 is 4.39 Å². The van der Waals surface area contributed by atoms with Gasteiger partial charge in [0.25, 0.3) is 0 Å². The van der Waals surface area contributed by atoms with Gasteiger partial charge < -0.3 is 5.73 Å². The molecule has 0 aliphatic carbocycles. The molecule has 0 amide bonds. The van der Waals surface area contributed by atoms with Crippen LogP contribution in [0.5, 0.6) is 0 Å². The monoisotopic (exact) mass is 282 g/mol. The van der Waals surface area contributed by atoms with Gasteiger partial charge in [-0.2, -0.15) is 0 Å². The van der Waals surface area contributed by atoms with Gasteiger partial charge in [0.1, 0.15) is 5.82 Å². The van der Waals surface area contributed by atoms with Gasteiger partial charge in [-0.3, -0.25) is 4.90 Å². The van der Waals surface area contributed by atoms with Gasteiger partial charge in [0.2, 0.25) is 0 Å². The summed E-state index contributed by atoms with van der Waals surface area (Å²) in [6.45, 7) is 8.88. The van der Waals surface area contributed by atoms with E-state index in [4.69, 9.17) is 18.0 Å². The minimum Gasteiger partial charge on any atom is -0.393 e. The van der Waals surface area contributed by atoms with Crippen molar-refractivity contribution in [2.45, 2.75) is 33.7 Å². The molecule has 1 rings (SSSR count). The lowest BCUT2D eigenvalue weighted by Crippen LogP contribution is -2.31. The van der Waals surface area contributed by atoms with E-state index in [1.807, 2.05) is 13.0 Å². The highest BCUT2D eigenvalue weighted by Gasteiger charge is 2.11. The fourth-order valence-electron chi connectivity index (χ4n) is 2.07. The van der Waals surface area contributed by atoms with Crippen LogP contribution in [0.1, 0.15) is 31.4 Å². The summed E-state index contributed by atoms with van der Waals surface area (Å²) in [5, 5.41) is 0. The van der Waals surface area contributed by atoms with Crippen molar-refractivity contribution in [2.75, 3.05) is 13.1 Å². The maximum atomic E-state index is 13.3. The molecule has 0 saturated carbocycles. The number of aryl methyl sites for hydroxylation is 1. The Kier molecular flexibility index (Phi) is 6.38. The first-order valence-electron chi connectivity index (χ1n) is 6.64. The number of hydrogen-bond donors (Lipinski definition) is 1. The molecule has 1 aromatic rings. The van der Waals surface area contributed by atoms with Crippen LogP contribution >= 0.6 is 12.2 Å². The van der Waals surface area contributed by atoms with Crippen LogP contribution in [0.25, 0.3) is 0 Å². The zero-order valence-electron chi connectivity index (χ0n) is 11.9. The van der Waals surface area contributed by atoms with Gasteiger partial charge >= 0.3 is 0 Å². The van der Waals surface area contributed by atoms with Gasteiger partial charge in [0, 0.05) is 26.1 Å². The Morgan fingerprint density at radius 3 is 2.68 bits per heavy atom. The molecule has 1 aromatic carbocycles. The van der Waals surface area contributed by atoms with Crippen molar-refractivity contribution in [2.24, 2.45) is 11.7 Å². The second-order valence-corrected chi connectivity index (χ2v) is 5.94. The van der Waals surface area contributed by atoms with Crippen LogP contribution in [-0.4, -0.2) is 23.0 Å². The highest BCUT2D eigenvalue weighted by atomic mass is 32.1. The Hall–Kier alpha value is -1.00. The predicted molar refractivity (Wildman–Crippen MR) is 82.7 cm³/mol. The number of hydrogen-bond acceptors (Lipinski definition) is 2. The molecule has 0 fully saturated rings. The van der Waals surface area contributed by atoms with Gasteiger partial charge in [-0.25, -0.2) is 4.39 Å². The molecule has 106 valence electrons. The first-order chi connectivity index (χ1) is 8.88. The number of nitrogens with zero attached hydrogens (tertiary/aromatic N) is 1. The van der Waals surface area contributed by atoms with Crippen LogP contribution in [0.3, 0.4) is 0 Å². The molecule has 0 aromatic heterocycles. The van der Waals surface area contributed by atoms with E-state index < -0.39 is 0 Å². The lowest BCUT2D eigenvalue weighted by Gasteiger charge is -2.25. The summed E-state index contributed by atoms with van der Waals surface area (Å²) in [5.41, 5.74) is 7.71. The van der Waals surface area contributed by atoms with Crippen LogP contribution in [0, 0.1) is 18.7 Å². The highest BCUT2D eigenvalue weighted by Crippen LogP contribution is 2.14. The Labute approximate surface area is 120 Å². The second kappa shape index (κ2) is 7.56. The van der Waals surface area contributed by atoms with E-state index in [1.165, 1.54) is 6.07 Å². The Bertz CT molecular complexity index is 432. The maximum absolute atomic E-state index is 13.3. The minimum atomic E-state index is -0.181.